The minimum atomic E-state index is -0.412. The SMILES string of the molecule is O=C(c1cc(F)ccc1Br)c1cccc2ccsc12. The van der Waals surface area contributed by atoms with Crippen molar-refractivity contribution in [3.05, 3.63) is 69.3 Å². The molecule has 1 aromatic heterocycles. The van der Waals surface area contributed by atoms with Gasteiger partial charge in [0.05, 0.1) is 0 Å². The molecule has 19 heavy (non-hydrogen) atoms. The number of rotatable bonds is 2. The standard InChI is InChI=1S/C15H8BrFOS/c16-13-5-4-10(17)8-12(13)14(18)11-3-1-2-9-6-7-19-15(9)11/h1-8H. The molecule has 0 amide bonds. The van der Waals surface area contributed by atoms with Crippen LogP contribution in [0.25, 0.3) is 10.1 Å². The molecular formula is C15H8BrFOS. The van der Waals surface area contributed by atoms with Crippen LogP contribution in [0.1, 0.15) is 15.9 Å². The molecule has 4 heteroatoms. The lowest BCUT2D eigenvalue weighted by molar-refractivity contribution is 0.103. The second-order valence-corrected chi connectivity index (χ2v) is 5.87. The van der Waals surface area contributed by atoms with Gasteiger partial charge in [0.15, 0.2) is 5.78 Å². The highest BCUT2D eigenvalue weighted by Crippen LogP contribution is 2.28. The van der Waals surface area contributed by atoms with E-state index in [1.165, 1.54) is 23.5 Å². The van der Waals surface area contributed by atoms with Crippen molar-refractivity contribution in [3.63, 3.8) is 0 Å². The molecule has 0 spiro atoms. The number of carbonyl (C=O) groups is 1. The van der Waals surface area contributed by atoms with E-state index in [1.54, 1.807) is 12.1 Å². The lowest BCUT2D eigenvalue weighted by atomic mass is 10.0. The molecule has 0 fully saturated rings. The van der Waals surface area contributed by atoms with Crippen molar-refractivity contribution in [2.45, 2.75) is 0 Å². The molecule has 0 radical (unpaired) electrons. The Kier molecular flexibility index (Phi) is 3.21. The second-order valence-electron chi connectivity index (χ2n) is 4.10. The molecule has 0 saturated carbocycles. The van der Waals surface area contributed by atoms with Gasteiger partial charge < -0.3 is 0 Å². The van der Waals surface area contributed by atoms with E-state index in [4.69, 9.17) is 0 Å². The van der Waals surface area contributed by atoms with Gasteiger partial charge in [-0.15, -0.1) is 11.3 Å². The summed E-state index contributed by atoms with van der Waals surface area (Å²) >= 11 is 4.82. The molecule has 3 aromatic rings. The van der Waals surface area contributed by atoms with Gasteiger partial charge in [-0.1, -0.05) is 28.1 Å². The van der Waals surface area contributed by atoms with Crippen LogP contribution in [0, 0.1) is 5.82 Å². The fourth-order valence-electron chi connectivity index (χ4n) is 1.99. The van der Waals surface area contributed by atoms with Gasteiger partial charge in [0.2, 0.25) is 0 Å². The smallest absolute Gasteiger partial charge is 0.195 e. The maximum atomic E-state index is 13.3. The summed E-state index contributed by atoms with van der Waals surface area (Å²) in [6.45, 7) is 0. The zero-order valence-corrected chi connectivity index (χ0v) is 12.1. The molecule has 0 unspecified atom stereocenters. The van der Waals surface area contributed by atoms with Crippen LogP contribution in [0.4, 0.5) is 4.39 Å². The fourth-order valence-corrected chi connectivity index (χ4v) is 3.33. The third kappa shape index (κ3) is 2.22. The van der Waals surface area contributed by atoms with Crippen molar-refractivity contribution in [2.24, 2.45) is 0 Å². The lowest BCUT2D eigenvalue weighted by Crippen LogP contribution is -2.03. The first-order chi connectivity index (χ1) is 9.16. The van der Waals surface area contributed by atoms with Crippen molar-refractivity contribution >= 4 is 43.1 Å². The molecule has 0 saturated heterocycles. The zero-order chi connectivity index (χ0) is 13.4. The summed E-state index contributed by atoms with van der Waals surface area (Å²) in [6.07, 6.45) is 0. The summed E-state index contributed by atoms with van der Waals surface area (Å²) in [7, 11) is 0. The summed E-state index contributed by atoms with van der Waals surface area (Å²) in [4.78, 5) is 12.5. The fraction of sp³-hybridized carbons (Fsp3) is 0. The monoisotopic (exact) mass is 334 g/mol. The third-order valence-corrected chi connectivity index (χ3v) is 4.55. The molecule has 1 heterocycles. The highest BCUT2D eigenvalue weighted by Gasteiger charge is 2.16. The predicted octanol–water partition coefficient (Wildman–Crippen LogP) is 5.03. The van der Waals surface area contributed by atoms with Gasteiger partial charge in [0, 0.05) is 20.3 Å². The van der Waals surface area contributed by atoms with Crippen molar-refractivity contribution in [2.75, 3.05) is 0 Å². The van der Waals surface area contributed by atoms with Crippen molar-refractivity contribution in [3.8, 4) is 0 Å². The highest BCUT2D eigenvalue weighted by molar-refractivity contribution is 9.10. The van der Waals surface area contributed by atoms with E-state index in [0.29, 0.717) is 15.6 Å². The van der Waals surface area contributed by atoms with Gasteiger partial charge in [-0.05, 0) is 41.1 Å². The van der Waals surface area contributed by atoms with Crippen molar-refractivity contribution in [1.29, 1.82) is 0 Å². The Balaban J connectivity index is 2.19. The van der Waals surface area contributed by atoms with Crippen LogP contribution in [0.3, 0.4) is 0 Å². The molecule has 2 aromatic carbocycles. The molecule has 0 aliphatic carbocycles. The summed E-state index contributed by atoms with van der Waals surface area (Å²) in [5.41, 5.74) is 0.958. The molecule has 1 nitrogen and oxygen atoms in total. The topological polar surface area (TPSA) is 17.1 Å². The van der Waals surface area contributed by atoms with E-state index < -0.39 is 5.82 Å². The number of hydrogen-bond acceptors (Lipinski definition) is 2. The summed E-state index contributed by atoms with van der Waals surface area (Å²) in [5.74, 6) is -0.579. The Labute approximate surface area is 121 Å². The number of fused-ring (bicyclic) bond motifs is 1. The van der Waals surface area contributed by atoms with Crippen LogP contribution in [-0.2, 0) is 0 Å². The number of halogens is 2. The molecular weight excluding hydrogens is 327 g/mol. The Morgan fingerprint density at radius 3 is 2.79 bits per heavy atom. The number of thiophene rings is 1. The van der Waals surface area contributed by atoms with Crippen molar-refractivity contribution in [1.82, 2.24) is 0 Å². The van der Waals surface area contributed by atoms with Crippen LogP contribution >= 0.6 is 27.3 Å². The van der Waals surface area contributed by atoms with Crippen molar-refractivity contribution < 1.29 is 9.18 Å². The summed E-state index contributed by atoms with van der Waals surface area (Å²) in [5, 5.41) is 2.98. The number of ketones is 1. The number of carbonyl (C=O) groups excluding carboxylic acids is 1. The first kappa shape index (κ1) is 12.5. The summed E-state index contributed by atoms with van der Waals surface area (Å²) < 4.78 is 14.8. The van der Waals surface area contributed by atoms with Gasteiger partial charge in [0.25, 0.3) is 0 Å². The van der Waals surface area contributed by atoms with E-state index in [2.05, 4.69) is 15.9 Å². The maximum absolute atomic E-state index is 13.3. The number of benzene rings is 2. The first-order valence-corrected chi connectivity index (χ1v) is 7.30. The molecule has 0 N–H and O–H groups in total. The van der Waals surface area contributed by atoms with Crippen LogP contribution in [0.5, 0.6) is 0 Å². The Morgan fingerprint density at radius 2 is 1.95 bits per heavy atom. The average molecular weight is 335 g/mol. The quantitative estimate of drug-likeness (QED) is 0.600. The molecule has 94 valence electrons. The van der Waals surface area contributed by atoms with Gasteiger partial charge in [-0.3, -0.25) is 4.79 Å². The first-order valence-electron chi connectivity index (χ1n) is 5.63. The molecule has 3 rings (SSSR count). The normalized spacial score (nSPS) is 10.8. The van der Waals surface area contributed by atoms with Gasteiger partial charge in [-0.2, -0.15) is 0 Å². The second kappa shape index (κ2) is 4.87. The molecule has 0 atom stereocenters. The maximum Gasteiger partial charge on any atom is 0.195 e. The zero-order valence-electron chi connectivity index (χ0n) is 9.69. The predicted molar refractivity (Wildman–Crippen MR) is 79.4 cm³/mol. The Hall–Kier alpha value is -1.52. The summed E-state index contributed by atoms with van der Waals surface area (Å²) in [6, 6.07) is 11.7. The largest absolute Gasteiger partial charge is 0.289 e. The molecule has 0 aliphatic heterocycles. The van der Waals surface area contributed by atoms with E-state index in [-0.39, 0.29) is 5.78 Å². The van der Waals surface area contributed by atoms with E-state index in [1.807, 2.05) is 23.6 Å². The van der Waals surface area contributed by atoms with E-state index in [0.717, 1.165) is 10.1 Å². The van der Waals surface area contributed by atoms with Crippen LogP contribution in [0.2, 0.25) is 0 Å². The molecule has 0 bridgehead atoms. The van der Waals surface area contributed by atoms with E-state index >= 15 is 0 Å². The Bertz CT molecular complexity index is 779. The average Bonchev–Trinajstić information content (AvgIpc) is 2.89. The van der Waals surface area contributed by atoms with Crippen LogP contribution in [-0.4, -0.2) is 5.78 Å². The lowest BCUT2D eigenvalue weighted by Gasteiger charge is -2.05. The van der Waals surface area contributed by atoms with Gasteiger partial charge in [-0.25, -0.2) is 4.39 Å². The third-order valence-electron chi connectivity index (χ3n) is 2.90. The van der Waals surface area contributed by atoms with Gasteiger partial charge >= 0.3 is 0 Å². The molecule has 0 aliphatic rings. The minimum Gasteiger partial charge on any atom is -0.289 e. The highest BCUT2D eigenvalue weighted by atomic mass is 79.9. The minimum absolute atomic E-state index is 0.167. The Morgan fingerprint density at radius 1 is 1.11 bits per heavy atom. The van der Waals surface area contributed by atoms with Crippen LogP contribution in [0.15, 0.2) is 52.3 Å². The van der Waals surface area contributed by atoms with Gasteiger partial charge in [0.1, 0.15) is 5.82 Å². The van der Waals surface area contributed by atoms with Crippen LogP contribution < -0.4 is 0 Å². The number of hydrogen-bond donors (Lipinski definition) is 0. The van der Waals surface area contributed by atoms with E-state index in [9.17, 15) is 9.18 Å².